The van der Waals surface area contributed by atoms with Gasteiger partial charge in [0.2, 0.25) is 5.88 Å². The monoisotopic (exact) mass is 489 g/mol. The quantitative estimate of drug-likeness (QED) is 0.443. The van der Waals surface area contributed by atoms with Crippen molar-refractivity contribution in [3.8, 4) is 22.8 Å². The zero-order valence-electron chi connectivity index (χ0n) is 22.3. The summed E-state index contributed by atoms with van der Waals surface area (Å²) < 4.78 is 12.4. The first-order chi connectivity index (χ1) is 17.4. The standard InChI is InChI=1S/C29H39N5O2/c1-20-19-36-28-22(8-9-23-26(28)27(33(20)5)24(30-4)18-31-23)21-7-10-25(32-17-21)35-16-6-13-34-14-11-29(2,3)12-15-34/h7-10,17-18,20,30H,6,11-16,19H2,1-5H3/t20-/m0/s1. The van der Waals surface area contributed by atoms with Crippen LogP contribution < -0.4 is 19.7 Å². The molecule has 4 heterocycles. The number of likely N-dealkylation sites (tertiary alicyclic amines) is 1. The molecule has 2 aliphatic rings. The van der Waals surface area contributed by atoms with Gasteiger partial charge in [0.15, 0.2) is 0 Å². The van der Waals surface area contributed by atoms with Crippen LogP contribution in [0.15, 0.2) is 36.7 Å². The fourth-order valence-corrected chi connectivity index (χ4v) is 5.17. The number of aromatic nitrogens is 2. The molecule has 7 nitrogen and oxygen atoms in total. The van der Waals surface area contributed by atoms with Gasteiger partial charge in [-0.2, -0.15) is 0 Å². The van der Waals surface area contributed by atoms with E-state index in [-0.39, 0.29) is 6.04 Å². The third kappa shape index (κ3) is 4.94. The number of piperidine rings is 1. The minimum absolute atomic E-state index is 0.230. The van der Waals surface area contributed by atoms with Gasteiger partial charge in [-0.1, -0.05) is 13.8 Å². The van der Waals surface area contributed by atoms with Crippen molar-refractivity contribution in [2.24, 2.45) is 5.41 Å². The molecule has 0 amide bonds. The van der Waals surface area contributed by atoms with E-state index in [9.17, 15) is 0 Å². The largest absolute Gasteiger partial charge is 0.490 e. The lowest BCUT2D eigenvalue weighted by molar-refractivity contribution is 0.125. The normalized spacial score (nSPS) is 19.6. The van der Waals surface area contributed by atoms with Crippen LogP contribution in [0.3, 0.4) is 0 Å². The van der Waals surface area contributed by atoms with Gasteiger partial charge in [-0.05, 0) is 62.9 Å². The molecule has 192 valence electrons. The smallest absolute Gasteiger partial charge is 0.213 e. The highest BCUT2D eigenvalue weighted by atomic mass is 16.5. The molecule has 0 bridgehead atoms. The number of anilines is 2. The Morgan fingerprint density at radius 1 is 1.11 bits per heavy atom. The van der Waals surface area contributed by atoms with E-state index in [1.165, 1.54) is 25.9 Å². The number of benzene rings is 1. The van der Waals surface area contributed by atoms with Gasteiger partial charge in [0.1, 0.15) is 12.4 Å². The number of pyridine rings is 2. The van der Waals surface area contributed by atoms with Gasteiger partial charge >= 0.3 is 0 Å². The second-order valence-electron chi connectivity index (χ2n) is 11.0. The predicted octanol–water partition coefficient (Wildman–Crippen LogP) is 5.45. The van der Waals surface area contributed by atoms with Crippen molar-refractivity contribution in [3.05, 3.63) is 36.7 Å². The Labute approximate surface area is 214 Å². The predicted molar refractivity (Wildman–Crippen MR) is 147 cm³/mol. The van der Waals surface area contributed by atoms with Gasteiger partial charge in [-0.3, -0.25) is 4.98 Å². The maximum absolute atomic E-state index is 6.40. The maximum atomic E-state index is 6.40. The molecule has 0 radical (unpaired) electrons. The van der Waals surface area contributed by atoms with Gasteiger partial charge in [-0.25, -0.2) is 4.98 Å². The molecule has 3 aromatic rings. The summed E-state index contributed by atoms with van der Waals surface area (Å²) in [6.45, 7) is 11.7. The van der Waals surface area contributed by atoms with Crippen LogP contribution in [0.2, 0.25) is 0 Å². The molecule has 1 saturated heterocycles. The highest BCUT2D eigenvalue weighted by Crippen LogP contribution is 2.45. The summed E-state index contributed by atoms with van der Waals surface area (Å²) in [6.07, 6.45) is 7.36. The van der Waals surface area contributed by atoms with E-state index in [0.717, 1.165) is 52.1 Å². The average molecular weight is 490 g/mol. The molecule has 2 aliphatic heterocycles. The molecule has 0 unspecified atom stereocenters. The van der Waals surface area contributed by atoms with Crippen LogP contribution in [-0.2, 0) is 0 Å². The second kappa shape index (κ2) is 10.1. The molecule has 1 N–H and O–H groups in total. The third-order valence-electron chi connectivity index (χ3n) is 7.84. The first kappa shape index (κ1) is 24.6. The highest BCUT2D eigenvalue weighted by Gasteiger charge is 2.27. The van der Waals surface area contributed by atoms with E-state index >= 15 is 0 Å². The summed E-state index contributed by atoms with van der Waals surface area (Å²) in [5, 5.41) is 4.34. The molecule has 1 fully saturated rings. The van der Waals surface area contributed by atoms with Crippen LogP contribution in [0.4, 0.5) is 11.4 Å². The van der Waals surface area contributed by atoms with Crippen LogP contribution in [0.1, 0.15) is 40.0 Å². The zero-order chi connectivity index (χ0) is 25.3. The van der Waals surface area contributed by atoms with Crippen LogP contribution in [0.5, 0.6) is 11.6 Å². The minimum atomic E-state index is 0.230. The van der Waals surface area contributed by atoms with E-state index in [1.54, 1.807) is 0 Å². The molecule has 36 heavy (non-hydrogen) atoms. The highest BCUT2D eigenvalue weighted by molar-refractivity contribution is 6.06. The summed E-state index contributed by atoms with van der Waals surface area (Å²) in [5.74, 6) is 1.53. The van der Waals surface area contributed by atoms with Crippen LogP contribution >= 0.6 is 0 Å². The second-order valence-corrected chi connectivity index (χ2v) is 11.0. The summed E-state index contributed by atoms with van der Waals surface area (Å²) in [4.78, 5) is 14.1. The van der Waals surface area contributed by atoms with E-state index in [4.69, 9.17) is 9.47 Å². The number of hydrogen-bond acceptors (Lipinski definition) is 7. The van der Waals surface area contributed by atoms with Gasteiger partial charge in [0, 0.05) is 44.0 Å². The summed E-state index contributed by atoms with van der Waals surface area (Å²) >= 11 is 0. The SMILES string of the molecule is CNc1cnc2ccc(-c3ccc(OCCCN4CCC(C)(C)CC4)nc3)c3c2c1N(C)[C@@H](C)CO3. The summed E-state index contributed by atoms with van der Waals surface area (Å²) in [7, 11) is 4.05. The lowest BCUT2D eigenvalue weighted by atomic mass is 9.83. The Balaban J connectivity index is 1.30. The Bertz CT molecular complexity index is 1200. The third-order valence-corrected chi connectivity index (χ3v) is 7.84. The maximum Gasteiger partial charge on any atom is 0.213 e. The number of rotatable bonds is 7. The topological polar surface area (TPSA) is 62.8 Å². The zero-order valence-corrected chi connectivity index (χ0v) is 22.3. The van der Waals surface area contributed by atoms with E-state index in [1.807, 2.05) is 25.5 Å². The lowest BCUT2D eigenvalue weighted by Gasteiger charge is -2.36. The Morgan fingerprint density at radius 3 is 2.64 bits per heavy atom. The van der Waals surface area contributed by atoms with Crippen molar-refractivity contribution in [1.82, 2.24) is 14.9 Å². The number of nitrogens with one attached hydrogen (secondary N) is 1. The van der Waals surface area contributed by atoms with Crippen LogP contribution in [0.25, 0.3) is 22.0 Å². The van der Waals surface area contributed by atoms with Crippen molar-refractivity contribution >= 4 is 22.3 Å². The average Bonchev–Trinajstić information content (AvgIpc) is 3.01. The number of likely N-dealkylation sites (N-methyl/N-ethyl adjacent to an activating group) is 1. The fraction of sp³-hybridized carbons (Fsp3) is 0.517. The number of ether oxygens (including phenoxy) is 2. The minimum Gasteiger partial charge on any atom is -0.490 e. The first-order valence-corrected chi connectivity index (χ1v) is 13.2. The molecule has 5 rings (SSSR count). The molecule has 1 aromatic carbocycles. The van der Waals surface area contributed by atoms with Crippen molar-refractivity contribution in [2.45, 2.75) is 46.1 Å². The number of hydrogen-bond donors (Lipinski definition) is 1. The van der Waals surface area contributed by atoms with Gasteiger partial charge in [0.05, 0.1) is 41.1 Å². The number of nitrogens with zero attached hydrogens (tertiary/aromatic N) is 4. The van der Waals surface area contributed by atoms with Gasteiger partial charge < -0.3 is 24.6 Å². The Hall–Kier alpha value is -3.06. The van der Waals surface area contributed by atoms with Crippen LogP contribution in [-0.4, -0.2) is 67.9 Å². The first-order valence-electron chi connectivity index (χ1n) is 13.2. The molecule has 2 aromatic heterocycles. The van der Waals surface area contributed by atoms with Crippen LogP contribution in [0, 0.1) is 5.41 Å². The summed E-state index contributed by atoms with van der Waals surface area (Å²) in [6, 6.07) is 8.42. The summed E-state index contributed by atoms with van der Waals surface area (Å²) in [5.41, 5.74) is 5.56. The van der Waals surface area contributed by atoms with Gasteiger partial charge in [-0.15, -0.1) is 0 Å². The molecule has 0 aliphatic carbocycles. The van der Waals surface area contributed by atoms with Crippen molar-refractivity contribution in [3.63, 3.8) is 0 Å². The Kier molecular flexibility index (Phi) is 6.93. The van der Waals surface area contributed by atoms with Crippen molar-refractivity contribution in [2.75, 3.05) is 57.2 Å². The fourth-order valence-electron chi connectivity index (χ4n) is 5.17. The molecule has 7 heteroatoms. The van der Waals surface area contributed by atoms with E-state index in [0.29, 0.717) is 24.5 Å². The van der Waals surface area contributed by atoms with E-state index < -0.39 is 0 Å². The molecular formula is C29H39N5O2. The Morgan fingerprint density at radius 2 is 1.92 bits per heavy atom. The lowest BCUT2D eigenvalue weighted by Crippen LogP contribution is -2.38. The van der Waals surface area contributed by atoms with E-state index in [2.05, 4.69) is 71.1 Å². The van der Waals surface area contributed by atoms with Crippen molar-refractivity contribution < 1.29 is 9.47 Å². The molecule has 0 spiro atoms. The van der Waals surface area contributed by atoms with Gasteiger partial charge in [0.25, 0.3) is 0 Å². The molecular weight excluding hydrogens is 450 g/mol. The molecule has 1 atom stereocenters. The molecule has 0 saturated carbocycles. The van der Waals surface area contributed by atoms with Crippen molar-refractivity contribution in [1.29, 1.82) is 0 Å².